The summed E-state index contributed by atoms with van der Waals surface area (Å²) < 4.78 is 15.4. The number of aliphatic hydroxyl groups excluding tert-OH is 1. The smallest absolute Gasteiger partial charge is 0.270 e. The van der Waals surface area contributed by atoms with Gasteiger partial charge < -0.3 is 19.4 Å². The zero-order valence-electron chi connectivity index (χ0n) is 22.3. The Morgan fingerprint density at radius 2 is 1.80 bits per heavy atom. The predicted molar refractivity (Wildman–Crippen MR) is 152 cm³/mol. The minimum absolute atomic E-state index is 0.0374. The van der Waals surface area contributed by atoms with Crippen LogP contribution in [0.4, 0.5) is 15.9 Å². The van der Waals surface area contributed by atoms with Gasteiger partial charge in [0.1, 0.15) is 5.82 Å². The largest absolute Gasteiger partial charge is 0.396 e. The second-order valence-electron chi connectivity index (χ2n) is 10.1. The first-order valence-electron chi connectivity index (χ1n) is 13.1. The highest BCUT2D eigenvalue weighted by atomic mass is 19.1. The van der Waals surface area contributed by atoms with E-state index >= 15 is 0 Å². The lowest BCUT2D eigenvalue weighted by atomic mass is 9.91. The molecule has 2 aromatic heterocycles. The number of hydrogen-bond donors (Lipinski definition) is 1. The summed E-state index contributed by atoms with van der Waals surface area (Å²) in [4.78, 5) is 25.4. The summed E-state index contributed by atoms with van der Waals surface area (Å²) in [5.74, 6) is -0.0703. The maximum atomic E-state index is 13.9. The minimum Gasteiger partial charge on any atom is -0.396 e. The molecule has 3 atom stereocenters. The van der Waals surface area contributed by atoms with E-state index < -0.39 is 0 Å². The van der Waals surface area contributed by atoms with Gasteiger partial charge in [-0.25, -0.2) is 4.39 Å². The first kappa shape index (κ1) is 27.0. The van der Waals surface area contributed by atoms with Crippen LogP contribution >= 0.6 is 0 Å². The van der Waals surface area contributed by atoms with Gasteiger partial charge in [0.25, 0.3) is 11.4 Å². The van der Waals surface area contributed by atoms with Crippen LogP contribution in [0.1, 0.15) is 36.1 Å². The molecule has 0 radical (unpaired) electrons. The lowest BCUT2D eigenvalue weighted by molar-refractivity contribution is 0.0971. The van der Waals surface area contributed by atoms with E-state index in [9.17, 15) is 19.6 Å². The van der Waals surface area contributed by atoms with E-state index in [1.165, 1.54) is 16.7 Å². The van der Waals surface area contributed by atoms with Crippen molar-refractivity contribution in [1.82, 2.24) is 14.5 Å². The molecule has 2 aromatic carbocycles. The van der Waals surface area contributed by atoms with Crippen LogP contribution in [0.5, 0.6) is 0 Å². The van der Waals surface area contributed by atoms with Crippen LogP contribution in [0.2, 0.25) is 0 Å². The molecule has 5 rings (SSSR count). The standard InChI is InChI=1S/C31H29FN6O2/c1-20-18-38(31(23-8-10-24(32)11-9-23)22-6-4-21(17-33)5-7-22)25(14-15-39)19-37(20)27-16-29(40)36(3)26-12-13-28(34-2)35-30(26)27/h4-13,16,20,25,31,39H,14-15,18-19H2,1,3H3/t20-,25+,31?/m0/s1. The van der Waals surface area contributed by atoms with E-state index in [1.54, 1.807) is 49.5 Å². The van der Waals surface area contributed by atoms with Crippen molar-refractivity contribution >= 4 is 22.5 Å². The molecular weight excluding hydrogens is 507 g/mol. The monoisotopic (exact) mass is 536 g/mol. The molecule has 1 N–H and O–H groups in total. The highest BCUT2D eigenvalue weighted by molar-refractivity contribution is 5.89. The number of aryl methyl sites for hydroxylation is 1. The van der Waals surface area contributed by atoms with Crippen molar-refractivity contribution in [3.63, 3.8) is 0 Å². The molecular formula is C31H29FN6O2. The zero-order valence-corrected chi connectivity index (χ0v) is 22.3. The van der Waals surface area contributed by atoms with E-state index in [4.69, 9.17) is 6.57 Å². The molecule has 0 aliphatic carbocycles. The summed E-state index contributed by atoms with van der Waals surface area (Å²) in [5.41, 5.74) is 4.13. The van der Waals surface area contributed by atoms with Gasteiger partial charge in [-0.3, -0.25) is 9.69 Å². The molecule has 0 bridgehead atoms. The predicted octanol–water partition coefficient (Wildman–Crippen LogP) is 4.55. The van der Waals surface area contributed by atoms with E-state index in [0.717, 1.165) is 11.1 Å². The fourth-order valence-electron chi connectivity index (χ4n) is 5.67. The van der Waals surface area contributed by atoms with Gasteiger partial charge in [0, 0.05) is 44.9 Å². The Balaban J connectivity index is 1.60. The average molecular weight is 537 g/mol. The molecule has 1 aliphatic heterocycles. The van der Waals surface area contributed by atoms with Crippen molar-refractivity contribution in [1.29, 1.82) is 5.26 Å². The molecule has 0 amide bonds. The molecule has 8 nitrogen and oxygen atoms in total. The summed E-state index contributed by atoms with van der Waals surface area (Å²) in [7, 11) is 1.69. The summed E-state index contributed by atoms with van der Waals surface area (Å²) in [6, 6.07) is 20.5. The molecule has 202 valence electrons. The number of fused-ring (bicyclic) bond motifs is 1. The van der Waals surface area contributed by atoms with E-state index in [2.05, 4.69) is 32.6 Å². The van der Waals surface area contributed by atoms with Crippen LogP contribution in [0.15, 0.2) is 71.5 Å². The Morgan fingerprint density at radius 1 is 1.12 bits per heavy atom. The van der Waals surface area contributed by atoms with Crippen molar-refractivity contribution in [3.05, 3.63) is 111 Å². The maximum absolute atomic E-state index is 13.9. The normalized spacial score (nSPS) is 18.3. The van der Waals surface area contributed by atoms with E-state index in [1.807, 2.05) is 12.1 Å². The van der Waals surface area contributed by atoms with E-state index in [-0.39, 0.29) is 41.9 Å². The van der Waals surface area contributed by atoms with Gasteiger partial charge in [-0.15, -0.1) is 4.98 Å². The molecule has 1 fully saturated rings. The van der Waals surface area contributed by atoms with Crippen LogP contribution in [0.3, 0.4) is 0 Å². The Labute approximate surface area is 232 Å². The van der Waals surface area contributed by atoms with Crippen LogP contribution in [0, 0.1) is 23.7 Å². The number of rotatable bonds is 6. The van der Waals surface area contributed by atoms with Crippen molar-refractivity contribution in [2.24, 2.45) is 7.05 Å². The average Bonchev–Trinajstić information content (AvgIpc) is 2.97. The molecule has 4 aromatic rings. The third-order valence-corrected chi connectivity index (χ3v) is 7.70. The van der Waals surface area contributed by atoms with E-state index in [0.29, 0.717) is 41.8 Å². The molecule has 40 heavy (non-hydrogen) atoms. The Bertz CT molecular complexity index is 1670. The van der Waals surface area contributed by atoms with Crippen molar-refractivity contribution in [2.45, 2.75) is 31.5 Å². The number of benzene rings is 2. The number of pyridine rings is 2. The lowest BCUT2D eigenvalue weighted by Gasteiger charge is -2.49. The number of aromatic nitrogens is 2. The molecule has 3 heterocycles. The summed E-state index contributed by atoms with van der Waals surface area (Å²) in [5, 5.41) is 19.4. The van der Waals surface area contributed by atoms with Gasteiger partial charge in [-0.05, 0) is 60.9 Å². The Hall–Kier alpha value is -4.57. The zero-order chi connectivity index (χ0) is 28.4. The third kappa shape index (κ3) is 5.05. The summed E-state index contributed by atoms with van der Waals surface area (Å²) in [6.45, 7) is 10.6. The number of hydrogen-bond acceptors (Lipinski definition) is 6. The first-order valence-corrected chi connectivity index (χ1v) is 13.1. The van der Waals surface area contributed by atoms with Crippen LogP contribution in [-0.2, 0) is 7.05 Å². The molecule has 9 heteroatoms. The van der Waals surface area contributed by atoms with Gasteiger partial charge in [0.2, 0.25) is 5.52 Å². The van der Waals surface area contributed by atoms with Gasteiger partial charge in [-0.2, -0.15) is 5.26 Å². The summed E-state index contributed by atoms with van der Waals surface area (Å²) in [6.07, 6.45) is 0.473. The fourth-order valence-corrected chi connectivity index (χ4v) is 5.67. The maximum Gasteiger partial charge on any atom is 0.270 e. The number of nitriles is 1. The SMILES string of the molecule is [C-]#[N+]c1ccc2c(n1)c(N1C[C@@H](CCO)N(C(c3ccc(F)cc3)c3ccc(C#N)cc3)C[C@@H]1C)cc(=O)n2C. The van der Waals surface area contributed by atoms with Gasteiger partial charge in [0.05, 0.1) is 28.9 Å². The second-order valence-corrected chi connectivity index (χ2v) is 10.1. The molecule has 1 aliphatic rings. The van der Waals surface area contributed by atoms with Crippen LogP contribution < -0.4 is 10.5 Å². The molecule has 0 spiro atoms. The number of piperazine rings is 1. The quantitative estimate of drug-likeness (QED) is 0.364. The van der Waals surface area contributed by atoms with Gasteiger partial charge in [0.15, 0.2) is 0 Å². The van der Waals surface area contributed by atoms with Gasteiger partial charge >= 0.3 is 0 Å². The molecule has 1 unspecified atom stereocenters. The number of nitrogens with zero attached hydrogens (tertiary/aromatic N) is 6. The highest BCUT2D eigenvalue weighted by Gasteiger charge is 2.38. The van der Waals surface area contributed by atoms with Crippen molar-refractivity contribution < 1.29 is 9.50 Å². The number of halogens is 1. The fraction of sp³-hybridized carbons (Fsp3) is 0.290. The number of anilines is 1. The van der Waals surface area contributed by atoms with Crippen molar-refractivity contribution in [3.8, 4) is 6.07 Å². The van der Waals surface area contributed by atoms with Crippen LogP contribution in [0.25, 0.3) is 15.9 Å². The highest BCUT2D eigenvalue weighted by Crippen LogP contribution is 2.37. The Kier molecular flexibility index (Phi) is 7.61. The van der Waals surface area contributed by atoms with Crippen molar-refractivity contribution in [2.75, 3.05) is 24.6 Å². The minimum atomic E-state index is -0.323. The lowest BCUT2D eigenvalue weighted by Crippen LogP contribution is -2.59. The Morgan fingerprint density at radius 3 is 2.42 bits per heavy atom. The first-order chi connectivity index (χ1) is 19.3. The number of aliphatic hydroxyl groups is 1. The summed E-state index contributed by atoms with van der Waals surface area (Å²) >= 11 is 0. The second kappa shape index (κ2) is 11.3. The van der Waals surface area contributed by atoms with Crippen LogP contribution in [-0.4, -0.2) is 51.3 Å². The van der Waals surface area contributed by atoms with Gasteiger partial charge in [-0.1, -0.05) is 30.8 Å². The topological polar surface area (TPSA) is 89.8 Å². The third-order valence-electron chi connectivity index (χ3n) is 7.70. The molecule has 0 saturated carbocycles. The molecule has 1 saturated heterocycles.